The van der Waals surface area contributed by atoms with Gasteiger partial charge in [-0.2, -0.15) is 0 Å². The van der Waals surface area contributed by atoms with Crippen molar-refractivity contribution >= 4 is 5.97 Å². The third-order valence-electron chi connectivity index (χ3n) is 4.01. The van der Waals surface area contributed by atoms with Gasteiger partial charge in [-0.15, -0.1) is 0 Å². The summed E-state index contributed by atoms with van der Waals surface area (Å²) >= 11 is 0. The van der Waals surface area contributed by atoms with E-state index in [1.54, 1.807) is 0 Å². The minimum Gasteiger partial charge on any atom is -0.480 e. The predicted molar refractivity (Wildman–Crippen MR) is 93.7 cm³/mol. The molecule has 0 radical (unpaired) electrons. The van der Waals surface area contributed by atoms with Gasteiger partial charge in [-0.05, 0) is 44.2 Å². The molecule has 1 unspecified atom stereocenters. The van der Waals surface area contributed by atoms with E-state index < -0.39 is 12.0 Å². The number of aliphatic carboxylic acids is 1. The Morgan fingerprint density at radius 3 is 2.43 bits per heavy atom. The van der Waals surface area contributed by atoms with Crippen LogP contribution in [0.2, 0.25) is 0 Å². The maximum atomic E-state index is 11.5. The van der Waals surface area contributed by atoms with Crippen molar-refractivity contribution in [2.75, 3.05) is 0 Å². The topological polar surface area (TPSA) is 49.3 Å². The van der Waals surface area contributed by atoms with Crippen LogP contribution in [-0.2, 0) is 17.6 Å². The van der Waals surface area contributed by atoms with Crippen molar-refractivity contribution in [1.82, 2.24) is 5.32 Å². The number of aryl methyl sites for hydroxylation is 2. The van der Waals surface area contributed by atoms with Gasteiger partial charge in [0.2, 0.25) is 0 Å². The molecule has 3 nitrogen and oxygen atoms in total. The maximum absolute atomic E-state index is 11.5. The summed E-state index contributed by atoms with van der Waals surface area (Å²) in [5.41, 5.74) is 3.60. The van der Waals surface area contributed by atoms with Crippen LogP contribution in [-0.4, -0.2) is 23.2 Å². The second-order valence-corrected chi connectivity index (χ2v) is 6.18. The molecule has 2 rings (SSSR count). The van der Waals surface area contributed by atoms with E-state index in [0.29, 0.717) is 6.42 Å². The van der Waals surface area contributed by atoms with E-state index in [4.69, 9.17) is 0 Å². The molecule has 2 aromatic carbocycles. The molecule has 0 heterocycles. The Kier molecular flexibility index (Phi) is 6.36. The van der Waals surface area contributed by atoms with Gasteiger partial charge in [-0.1, -0.05) is 60.2 Å². The second kappa shape index (κ2) is 8.49. The molecular formula is C20H25NO2. The van der Waals surface area contributed by atoms with Gasteiger partial charge in [-0.3, -0.25) is 4.79 Å². The van der Waals surface area contributed by atoms with Crippen molar-refractivity contribution in [2.24, 2.45) is 0 Å². The maximum Gasteiger partial charge on any atom is 0.321 e. The first kappa shape index (κ1) is 17.2. The van der Waals surface area contributed by atoms with Crippen LogP contribution in [0.25, 0.3) is 0 Å². The fraction of sp³-hybridized carbons (Fsp3) is 0.350. The lowest BCUT2D eigenvalue weighted by molar-refractivity contribution is -0.139. The van der Waals surface area contributed by atoms with E-state index in [9.17, 15) is 9.90 Å². The Hall–Kier alpha value is -2.13. The average molecular weight is 311 g/mol. The number of carbonyl (C=O) groups is 1. The Labute approximate surface area is 138 Å². The summed E-state index contributed by atoms with van der Waals surface area (Å²) in [6.45, 7) is 4.14. The summed E-state index contributed by atoms with van der Waals surface area (Å²) < 4.78 is 0. The number of nitrogens with one attached hydrogen (secondary N) is 1. The third kappa shape index (κ3) is 5.87. The SMILES string of the molecule is Cc1cccc(CCC(C)N[C@@H](Cc2ccccc2)C(=O)O)c1. The molecule has 0 fully saturated rings. The van der Waals surface area contributed by atoms with E-state index in [-0.39, 0.29) is 6.04 Å². The van der Waals surface area contributed by atoms with Gasteiger partial charge in [0.1, 0.15) is 6.04 Å². The summed E-state index contributed by atoms with van der Waals surface area (Å²) in [6, 6.07) is 17.8. The highest BCUT2D eigenvalue weighted by Crippen LogP contribution is 2.10. The van der Waals surface area contributed by atoms with Crippen LogP contribution in [0, 0.1) is 6.92 Å². The van der Waals surface area contributed by atoms with Crippen LogP contribution < -0.4 is 5.32 Å². The standard InChI is InChI=1S/C20H25NO2/c1-15-7-6-10-18(13-15)12-11-16(2)21-19(20(22)23)14-17-8-4-3-5-9-17/h3-10,13,16,19,21H,11-12,14H2,1-2H3,(H,22,23)/t16?,19-/m0/s1. The van der Waals surface area contributed by atoms with Gasteiger partial charge in [0.05, 0.1) is 0 Å². The molecule has 0 aliphatic heterocycles. The van der Waals surface area contributed by atoms with Gasteiger partial charge in [-0.25, -0.2) is 0 Å². The van der Waals surface area contributed by atoms with Gasteiger partial charge < -0.3 is 10.4 Å². The number of hydrogen-bond donors (Lipinski definition) is 2. The highest BCUT2D eigenvalue weighted by Gasteiger charge is 2.19. The minimum atomic E-state index is -0.795. The van der Waals surface area contributed by atoms with Crippen LogP contribution in [0.3, 0.4) is 0 Å². The van der Waals surface area contributed by atoms with Crippen LogP contribution in [0.4, 0.5) is 0 Å². The van der Waals surface area contributed by atoms with Crippen LogP contribution in [0.15, 0.2) is 54.6 Å². The number of hydrogen-bond acceptors (Lipinski definition) is 2. The summed E-state index contributed by atoms with van der Waals surface area (Å²) in [5, 5.41) is 12.7. The van der Waals surface area contributed by atoms with Crippen molar-refractivity contribution in [3.8, 4) is 0 Å². The van der Waals surface area contributed by atoms with Crippen molar-refractivity contribution in [3.63, 3.8) is 0 Å². The van der Waals surface area contributed by atoms with E-state index in [0.717, 1.165) is 18.4 Å². The molecule has 0 aromatic heterocycles. The largest absolute Gasteiger partial charge is 0.480 e. The minimum absolute atomic E-state index is 0.153. The highest BCUT2D eigenvalue weighted by molar-refractivity contribution is 5.74. The number of carboxylic acids is 1. The molecule has 0 aliphatic rings. The third-order valence-corrected chi connectivity index (χ3v) is 4.01. The molecule has 0 saturated heterocycles. The molecule has 3 heteroatoms. The van der Waals surface area contributed by atoms with Crippen molar-refractivity contribution in [1.29, 1.82) is 0 Å². The Bertz CT molecular complexity index is 625. The van der Waals surface area contributed by atoms with Gasteiger partial charge in [0.15, 0.2) is 0 Å². The van der Waals surface area contributed by atoms with E-state index >= 15 is 0 Å². The smallest absolute Gasteiger partial charge is 0.321 e. The predicted octanol–water partition coefficient (Wildman–Crippen LogP) is 3.60. The molecule has 0 spiro atoms. The molecule has 0 saturated carbocycles. The van der Waals surface area contributed by atoms with E-state index in [1.165, 1.54) is 11.1 Å². The lowest BCUT2D eigenvalue weighted by atomic mass is 10.0. The Balaban J connectivity index is 1.88. The molecule has 2 aromatic rings. The summed E-state index contributed by atoms with van der Waals surface area (Å²) in [6.07, 6.45) is 2.38. The number of rotatable bonds is 8. The quantitative estimate of drug-likeness (QED) is 0.783. The monoisotopic (exact) mass is 311 g/mol. The summed E-state index contributed by atoms with van der Waals surface area (Å²) in [5.74, 6) is -0.795. The second-order valence-electron chi connectivity index (χ2n) is 6.18. The average Bonchev–Trinajstić information content (AvgIpc) is 2.53. The fourth-order valence-electron chi connectivity index (χ4n) is 2.74. The molecule has 0 bridgehead atoms. The molecule has 2 atom stereocenters. The zero-order valence-electron chi connectivity index (χ0n) is 13.8. The Morgan fingerprint density at radius 1 is 1.09 bits per heavy atom. The summed E-state index contributed by atoms with van der Waals surface area (Å²) in [7, 11) is 0. The highest BCUT2D eigenvalue weighted by atomic mass is 16.4. The first-order valence-corrected chi connectivity index (χ1v) is 8.13. The normalized spacial score (nSPS) is 13.5. The van der Waals surface area contributed by atoms with Crippen molar-refractivity contribution in [2.45, 2.75) is 45.2 Å². The molecule has 0 aliphatic carbocycles. The van der Waals surface area contributed by atoms with Crippen LogP contribution >= 0.6 is 0 Å². The van der Waals surface area contributed by atoms with Crippen molar-refractivity contribution in [3.05, 3.63) is 71.3 Å². The Morgan fingerprint density at radius 2 is 1.78 bits per heavy atom. The first-order chi connectivity index (χ1) is 11.0. The van der Waals surface area contributed by atoms with Gasteiger partial charge in [0.25, 0.3) is 0 Å². The molecule has 23 heavy (non-hydrogen) atoms. The molecule has 2 N–H and O–H groups in total. The zero-order chi connectivity index (χ0) is 16.7. The van der Waals surface area contributed by atoms with E-state index in [2.05, 4.69) is 43.4 Å². The van der Waals surface area contributed by atoms with Crippen molar-refractivity contribution < 1.29 is 9.90 Å². The zero-order valence-corrected chi connectivity index (χ0v) is 13.8. The molecule has 122 valence electrons. The summed E-state index contributed by atoms with van der Waals surface area (Å²) in [4.78, 5) is 11.5. The van der Waals surface area contributed by atoms with E-state index in [1.807, 2.05) is 30.3 Å². The fourth-order valence-corrected chi connectivity index (χ4v) is 2.74. The van der Waals surface area contributed by atoms with Gasteiger partial charge in [0, 0.05) is 6.04 Å². The van der Waals surface area contributed by atoms with Gasteiger partial charge >= 0.3 is 5.97 Å². The first-order valence-electron chi connectivity index (χ1n) is 8.13. The molecule has 0 amide bonds. The lowest BCUT2D eigenvalue weighted by Gasteiger charge is -2.20. The van der Waals surface area contributed by atoms with Crippen LogP contribution in [0.5, 0.6) is 0 Å². The molecular weight excluding hydrogens is 286 g/mol. The number of benzene rings is 2. The number of carboxylic acid groups (broad SMARTS) is 1. The van der Waals surface area contributed by atoms with Crippen LogP contribution in [0.1, 0.15) is 30.0 Å². The lowest BCUT2D eigenvalue weighted by Crippen LogP contribution is -2.43.